The first-order valence-electron chi connectivity index (χ1n) is 10.4. The number of amides is 2. The average molecular weight is 440 g/mol. The minimum atomic E-state index is -0.844. The van der Waals surface area contributed by atoms with Crippen LogP contribution >= 0.6 is 0 Å². The largest absolute Gasteiger partial charge is 0.454 e. The maximum atomic E-state index is 13.6. The van der Waals surface area contributed by atoms with Crippen molar-refractivity contribution < 1.29 is 23.5 Å². The lowest BCUT2D eigenvalue weighted by atomic mass is 10.2. The molecule has 9 heteroatoms. The summed E-state index contributed by atoms with van der Waals surface area (Å²) in [5.74, 6) is -2.48. The first-order valence-corrected chi connectivity index (χ1v) is 10.4. The maximum Gasteiger partial charge on any atom is 0.325 e. The molecule has 0 aliphatic heterocycles. The zero-order chi connectivity index (χ0) is 23.3. The van der Waals surface area contributed by atoms with Crippen molar-refractivity contribution in [1.82, 2.24) is 9.88 Å². The molecule has 0 bridgehead atoms. The van der Waals surface area contributed by atoms with Crippen LogP contribution in [0.25, 0.3) is 0 Å². The number of nitrogens with one attached hydrogen (secondary N) is 2. The van der Waals surface area contributed by atoms with Crippen LogP contribution in [0.4, 0.5) is 10.2 Å². The van der Waals surface area contributed by atoms with Crippen molar-refractivity contribution in [3.63, 3.8) is 0 Å². The number of esters is 1. The van der Waals surface area contributed by atoms with Gasteiger partial charge in [-0.15, -0.1) is 0 Å². The Morgan fingerprint density at radius 3 is 2.56 bits per heavy atom. The standard InChI is InChI=1S/C23H25FN4O4/c1-14-15(2)28(16-7-3-4-8-16)22(18(14)11-25)27-20(29)13-32-21(30)12-26-23(31)17-9-5-6-10-19(17)24/h5-6,9-10,16H,3-4,7-8,12-13H2,1-2H3,(H,26,31)(H,27,29). The number of halogens is 1. The fourth-order valence-electron chi connectivity index (χ4n) is 3.96. The molecule has 0 atom stereocenters. The smallest absolute Gasteiger partial charge is 0.325 e. The Kier molecular flexibility index (Phi) is 7.25. The lowest BCUT2D eigenvalue weighted by molar-refractivity contribution is -0.146. The minimum absolute atomic E-state index is 0.194. The number of benzene rings is 1. The van der Waals surface area contributed by atoms with Crippen molar-refractivity contribution in [2.75, 3.05) is 18.5 Å². The summed E-state index contributed by atoms with van der Waals surface area (Å²) in [5.41, 5.74) is 1.94. The third kappa shape index (κ3) is 4.97. The Hall–Kier alpha value is -3.67. The van der Waals surface area contributed by atoms with E-state index in [4.69, 9.17) is 4.74 Å². The summed E-state index contributed by atoms with van der Waals surface area (Å²) >= 11 is 0. The first kappa shape index (κ1) is 23.0. The average Bonchev–Trinajstić information content (AvgIpc) is 3.38. The number of nitrogens with zero attached hydrogens (tertiary/aromatic N) is 2. The van der Waals surface area contributed by atoms with Crippen LogP contribution in [0.1, 0.15) is 58.9 Å². The molecule has 1 aliphatic rings. The van der Waals surface area contributed by atoms with E-state index < -0.39 is 36.8 Å². The fraction of sp³-hybridized carbons (Fsp3) is 0.391. The summed E-state index contributed by atoms with van der Waals surface area (Å²) in [7, 11) is 0. The van der Waals surface area contributed by atoms with Crippen LogP contribution in [0.5, 0.6) is 0 Å². The van der Waals surface area contributed by atoms with Gasteiger partial charge in [0.15, 0.2) is 6.61 Å². The predicted octanol–water partition coefficient (Wildman–Crippen LogP) is 3.14. The predicted molar refractivity (Wildman–Crippen MR) is 114 cm³/mol. The highest BCUT2D eigenvalue weighted by Gasteiger charge is 2.27. The van der Waals surface area contributed by atoms with Gasteiger partial charge < -0.3 is 19.9 Å². The zero-order valence-corrected chi connectivity index (χ0v) is 18.0. The van der Waals surface area contributed by atoms with Crippen LogP contribution in [0.3, 0.4) is 0 Å². The van der Waals surface area contributed by atoms with Crippen molar-refractivity contribution >= 4 is 23.6 Å². The molecule has 1 aliphatic carbocycles. The van der Waals surface area contributed by atoms with Gasteiger partial charge in [0.05, 0.1) is 11.1 Å². The molecular weight excluding hydrogens is 415 g/mol. The van der Waals surface area contributed by atoms with Gasteiger partial charge in [-0.1, -0.05) is 25.0 Å². The van der Waals surface area contributed by atoms with Gasteiger partial charge in [-0.2, -0.15) is 5.26 Å². The van der Waals surface area contributed by atoms with Crippen molar-refractivity contribution in [3.8, 4) is 6.07 Å². The number of ether oxygens (including phenoxy) is 1. The van der Waals surface area contributed by atoms with Gasteiger partial charge in [0, 0.05) is 11.7 Å². The fourth-order valence-corrected chi connectivity index (χ4v) is 3.96. The molecule has 32 heavy (non-hydrogen) atoms. The summed E-state index contributed by atoms with van der Waals surface area (Å²) in [5, 5.41) is 14.5. The second kappa shape index (κ2) is 10.1. The van der Waals surface area contributed by atoms with E-state index in [0.29, 0.717) is 11.4 Å². The molecule has 1 heterocycles. The van der Waals surface area contributed by atoms with E-state index in [-0.39, 0.29) is 11.6 Å². The van der Waals surface area contributed by atoms with Crippen LogP contribution < -0.4 is 10.6 Å². The van der Waals surface area contributed by atoms with Gasteiger partial charge in [0.25, 0.3) is 11.8 Å². The third-order valence-corrected chi connectivity index (χ3v) is 5.69. The highest BCUT2D eigenvalue weighted by Crippen LogP contribution is 2.37. The number of rotatable bonds is 7. The number of hydrogen-bond donors (Lipinski definition) is 2. The Morgan fingerprint density at radius 1 is 1.22 bits per heavy atom. The Bertz CT molecular complexity index is 1080. The van der Waals surface area contributed by atoms with E-state index in [1.165, 1.54) is 18.2 Å². The van der Waals surface area contributed by atoms with E-state index in [9.17, 15) is 24.0 Å². The van der Waals surface area contributed by atoms with Crippen molar-refractivity contribution in [1.29, 1.82) is 5.26 Å². The second-order valence-corrected chi connectivity index (χ2v) is 7.73. The van der Waals surface area contributed by atoms with Gasteiger partial charge in [-0.25, -0.2) is 4.39 Å². The van der Waals surface area contributed by atoms with E-state index >= 15 is 0 Å². The van der Waals surface area contributed by atoms with E-state index in [0.717, 1.165) is 43.0 Å². The summed E-state index contributed by atoms with van der Waals surface area (Å²) < 4.78 is 20.5. The summed E-state index contributed by atoms with van der Waals surface area (Å²) in [4.78, 5) is 36.3. The Balaban J connectivity index is 1.57. The Labute approximate surface area is 185 Å². The number of nitriles is 1. The van der Waals surface area contributed by atoms with E-state index in [1.807, 2.05) is 18.4 Å². The molecular formula is C23H25FN4O4. The topological polar surface area (TPSA) is 113 Å². The van der Waals surface area contributed by atoms with Crippen LogP contribution in [-0.2, 0) is 14.3 Å². The molecule has 2 amide bonds. The van der Waals surface area contributed by atoms with Crippen LogP contribution in [0.15, 0.2) is 24.3 Å². The molecule has 0 radical (unpaired) electrons. The molecule has 3 rings (SSSR count). The van der Waals surface area contributed by atoms with Gasteiger partial charge in [0.2, 0.25) is 0 Å². The van der Waals surface area contributed by atoms with Gasteiger partial charge in [-0.05, 0) is 44.4 Å². The van der Waals surface area contributed by atoms with Crippen molar-refractivity contribution in [2.24, 2.45) is 0 Å². The van der Waals surface area contributed by atoms with Crippen LogP contribution in [0.2, 0.25) is 0 Å². The second-order valence-electron chi connectivity index (χ2n) is 7.73. The van der Waals surface area contributed by atoms with Crippen molar-refractivity contribution in [3.05, 3.63) is 52.5 Å². The quantitative estimate of drug-likeness (QED) is 0.642. The van der Waals surface area contributed by atoms with Gasteiger partial charge in [-0.3, -0.25) is 14.4 Å². The minimum Gasteiger partial charge on any atom is -0.454 e. The lowest BCUT2D eigenvalue weighted by Crippen LogP contribution is -2.32. The van der Waals surface area contributed by atoms with Gasteiger partial charge in [0.1, 0.15) is 24.2 Å². The van der Waals surface area contributed by atoms with Crippen LogP contribution in [0, 0.1) is 31.0 Å². The summed E-state index contributed by atoms with van der Waals surface area (Å²) in [6.07, 6.45) is 4.12. The third-order valence-electron chi connectivity index (χ3n) is 5.69. The monoisotopic (exact) mass is 440 g/mol. The van der Waals surface area contributed by atoms with Gasteiger partial charge >= 0.3 is 5.97 Å². The molecule has 2 aromatic rings. The molecule has 0 saturated heterocycles. The summed E-state index contributed by atoms with van der Waals surface area (Å²) in [6, 6.07) is 7.74. The number of carbonyl (C=O) groups excluding carboxylic acids is 3. The molecule has 8 nitrogen and oxygen atoms in total. The highest BCUT2D eigenvalue weighted by atomic mass is 19.1. The number of aromatic nitrogens is 1. The molecule has 0 spiro atoms. The summed E-state index contributed by atoms with van der Waals surface area (Å²) in [6.45, 7) is 2.67. The SMILES string of the molecule is Cc1c(C#N)c(NC(=O)COC(=O)CNC(=O)c2ccccc2F)n(C2CCCC2)c1C. The lowest BCUT2D eigenvalue weighted by Gasteiger charge is -2.19. The molecule has 2 N–H and O–H groups in total. The highest BCUT2D eigenvalue weighted by molar-refractivity contribution is 5.97. The number of anilines is 1. The first-order chi connectivity index (χ1) is 15.3. The van der Waals surface area contributed by atoms with Crippen molar-refractivity contribution in [2.45, 2.75) is 45.6 Å². The molecule has 1 saturated carbocycles. The molecule has 1 aromatic heterocycles. The molecule has 0 unspecified atom stereocenters. The zero-order valence-electron chi connectivity index (χ0n) is 18.0. The van der Waals surface area contributed by atoms with E-state index in [2.05, 4.69) is 16.7 Å². The normalized spacial score (nSPS) is 13.4. The van der Waals surface area contributed by atoms with Crippen LogP contribution in [-0.4, -0.2) is 35.5 Å². The molecule has 1 fully saturated rings. The number of carbonyl (C=O) groups is 3. The number of hydrogen-bond acceptors (Lipinski definition) is 5. The Morgan fingerprint density at radius 2 is 1.91 bits per heavy atom. The molecule has 1 aromatic carbocycles. The van der Waals surface area contributed by atoms with E-state index in [1.54, 1.807) is 0 Å². The molecule has 168 valence electrons. The maximum absolute atomic E-state index is 13.6.